The summed E-state index contributed by atoms with van der Waals surface area (Å²) in [7, 11) is -3.64. The van der Waals surface area contributed by atoms with E-state index in [0.717, 1.165) is 35.1 Å². The highest BCUT2D eigenvalue weighted by Gasteiger charge is 2.27. The van der Waals surface area contributed by atoms with Crippen molar-refractivity contribution in [2.45, 2.75) is 49.0 Å². The summed E-state index contributed by atoms with van der Waals surface area (Å²) in [6, 6.07) is 16.3. The van der Waals surface area contributed by atoms with E-state index in [0.29, 0.717) is 24.3 Å². The number of halogens is 1. The number of sulfonamides is 1. The van der Waals surface area contributed by atoms with Crippen molar-refractivity contribution in [1.29, 1.82) is 0 Å². The van der Waals surface area contributed by atoms with Gasteiger partial charge in [-0.1, -0.05) is 41.9 Å². The van der Waals surface area contributed by atoms with Gasteiger partial charge in [-0.3, -0.25) is 4.98 Å². The summed E-state index contributed by atoms with van der Waals surface area (Å²) in [5.41, 5.74) is 4.55. The molecule has 0 radical (unpaired) electrons. The number of unbranched alkanes of at least 4 members (excludes halogenated alkanes) is 1. The monoisotopic (exact) mass is 510 g/mol. The summed E-state index contributed by atoms with van der Waals surface area (Å²) in [6.45, 7) is 0. The number of fused-ring (bicyclic) bond motifs is 1. The van der Waals surface area contributed by atoms with E-state index in [1.807, 2.05) is 12.3 Å². The van der Waals surface area contributed by atoms with Gasteiger partial charge in [0.2, 0.25) is 10.0 Å². The van der Waals surface area contributed by atoms with Crippen LogP contribution in [0.2, 0.25) is 5.02 Å². The van der Waals surface area contributed by atoms with Gasteiger partial charge in [-0.2, -0.15) is 0 Å². The summed E-state index contributed by atoms with van der Waals surface area (Å²) >= 11 is 5.89. The minimum atomic E-state index is -3.64. The van der Waals surface area contributed by atoms with Crippen LogP contribution in [0.3, 0.4) is 0 Å². The lowest BCUT2D eigenvalue weighted by atomic mass is 9.86. The smallest absolute Gasteiger partial charge is 0.327 e. The molecule has 2 unspecified atom stereocenters. The van der Waals surface area contributed by atoms with Gasteiger partial charge in [0.25, 0.3) is 0 Å². The lowest BCUT2D eigenvalue weighted by Gasteiger charge is -2.18. The molecule has 1 aliphatic rings. The molecule has 1 aliphatic carbocycles. The second-order valence-electron chi connectivity index (χ2n) is 8.72. The zero-order chi connectivity index (χ0) is 24.8. The number of aliphatic carboxylic acids is 1. The summed E-state index contributed by atoms with van der Waals surface area (Å²) in [5.74, 6) is -0.814. The van der Waals surface area contributed by atoms with E-state index in [1.54, 1.807) is 24.4 Å². The first-order chi connectivity index (χ1) is 16.8. The normalized spacial score (nSPS) is 16.3. The van der Waals surface area contributed by atoms with E-state index in [2.05, 4.69) is 34.0 Å². The Balaban J connectivity index is 1.49. The fraction of sp³-hybridized carbons (Fsp3) is 0.259. The molecule has 8 heteroatoms. The molecule has 0 spiro atoms. The third-order valence-corrected chi connectivity index (χ3v) is 8.01. The maximum absolute atomic E-state index is 12.8. The van der Waals surface area contributed by atoms with Crippen LogP contribution in [0.4, 0.5) is 0 Å². The first-order valence-electron chi connectivity index (χ1n) is 11.5. The molecule has 0 saturated carbocycles. The van der Waals surface area contributed by atoms with Gasteiger partial charge >= 0.3 is 5.97 Å². The zero-order valence-electron chi connectivity index (χ0n) is 19.1. The second-order valence-corrected chi connectivity index (χ2v) is 10.9. The zero-order valence-corrected chi connectivity index (χ0v) is 20.7. The number of carbonyl (C=O) groups is 1. The van der Waals surface area contributed by atoms with Gasteiger partial charge in [0, 0.05) is 35.5 Å². The summed E-state index contributed by atoms with van der Waals surface area (Å²) in [5, 5.41) is 9.28. The summed E-state index contributed by atoms with van der Waals surface area (Å²) < 4.78 is 28.5. The molecule has 1 aromatic heterocycles. The number of nitrogens with zero attached hydrogens (tertiary/aromatic N) is 1. The first-order valence-corrected chi connectivity index (χ1v) is 13.4. The number of aromatic nitrogens is 1. The van der Waals surface area contributed by atoms with Crippen molar-refractivity contribution in [2.75, 3.05) is 0 Å². The SMILES string of the molecule is O=C(O)C=CCCCC(c1cccnc1)c1ccc2c(c1)CC(NS(=O)(=O)c1ccc(Cl)cc1)C2. The van der Waals surface area contributed by atoms with E-state index >= 15 is 0 Å². The van der Waals surface area contributed by atoms with Crippen LogP contribution in [0.5, 0.6) is 0 Å². The van der Waals surface area contributed by atoms with Crippen molar-refractivity contribution >= 4 is 27.6 Å². The molecule has 2 atom stereocenters. The van der Waals surface area contributed by atoms with Crippen LogP contribution in [0, 0.1) is 0 Å². The quantitative estimate of drug-likeness (QED) is 0.291. The molecule has 2 aromatic carbocycles. The number of nitrogens with one attached hydrogen (secondary N) is 1. The van der Waals surface area contributed by atoms with E-state index in [1.165, 1.54) is 18.2 Å². The molecule has 6 nitrogen and oxygen atoms in total. The lowest BCUT2D eigenvalue weighted by Crippen LogP contribution is -2.35. The van der Waals surface area contributed by atoms with Gasteiger partial charge in [-0.25, -0.2) is 17.9 Å². The number of hydrogen-bond acceptors (Lipinski definition) is 4. The lowest BCUT2D eigenvalue weighted by molar-refractivity contribution is -0.131. The predicted molar refractivity (Wildman–Crippen MR) is 136 cm³/mol. The van der Waals surface area contributed by atoms with Crippen molar-refractivity contribution in [3.63, 3.8) is 0 Å². The van der Waals surface area contributed by atoms with Gasteiger partial charge in [0.05, 0.1) is 4.90 Å². The third kappa shape index (κ3) is 6.57. The number of rotatable bonds is 10. The number of carboxylic acids is 1. The molecule has 2 N–H and O–H groups in total. The second kappa shape index (κ2) is 11.2. The molecule has 0 fully saturated rings. The average Bonchev–Trinajstić information content (AvgIpc) is 3.22. The first kappa shape index (κ1) is 25.1. The van der Waals surface area contributed by atoms with Crippen molar-refractivity contribution < 1.29 is 18.3 Å². The van der Waals surface area contributed by atoms with Crippen molar-refractivity contribution in [3.8, 4) is 0 Å². The minimum absolute atomic E-state index is 0.122. The standard InChI is InChI=1S/C27H27ClN2O4S/c28-23-10-12-25(13-11-23)35(33,34)30-24-16-19-8-9-20(15-22(19)17-24)26(21-5-4-14-29-18-21)6-2-1-3-7-27(31)32/h3-5,7-15,18,24,26,30H,1-2,6,16-17H2,(H,31,32). The van der Waals surface area contributed by atoms with E-state index in [9.17, 15) is 13.2 Å². The molecule has 0 bridgehead atoms. The molecule has 182 valence electrons. The molecule has 3 aromatic rings. The highest BCUT2D eigenvalue weighted by Crippen LogP contribution is 2.33. The summed E-state index contributed by atoms with van der Waals surface area (Å²) in [6.07, 6.45) is 10.1. The van der Waals surface area contributed by atoms with Crippen molar-refractivity contribution in [3.05, 3.63) is 106 Å². The number of pyridine rings is 1. The molecule has 0 saturated heterocycles. The topological polar surface area (TPSA) is 96.4 Å². The maximum Gasteiger partial charge on any atom is 0.327 e. The third-order valence-electron chi connectivity index (χ3n) is 6.22. The van der Waals surface area contributed by atoms with Crippen molar-refractivity contribution in [1.82, 2.24) is 9.71 Å². The molecular formula is C27H27ClN2O4S. The van der Waals surface area contributed by atoms with Crippen LogP contribution in [-0.4, -0.2) is 30.5 Å². The Kier molecular flexibility index (Phi) is 8.00. The Morgan fingerprint density at radius 2 is 1.89 bits per heavy atom. The van der Waals surface area contributed by atoms with E-state index in [-0.39, 0.29) is 16.9 Å². The van der Waals surface area contributed by atoms with E-state index in [4.69, 9.17) is 16.7 Å². The maximum atomic E-state index is 12.8. The highest BCUT2D eigenvalue weighted by molar-refractivity contribution is 7.89. The van der Waals surface area contributed by atoms with Crippen LogP contribution in [0.15, 0.2) is 84.0 Å². The molecule has 35 heavy (non-hydrogen) atoms. The number of allylic oxidation sites excluding steroid dienone is 1. The Morgan fingerprint density at radius 1 is 1.11 bits per heavy atom. The molecular weight excluding hydrogens is 484 g/mol. The highest BCUT2D eigenvalue weighted by atomic mass is 35.5. The van der Waals surface area contributed by atoms with Gasteiger partial charge in [-0.15, -0.1) is 0 Å². The van der Waals surface area contributed by atoms with Crippen LogP contribution in [0.1, 0.15) is 47.4 Å². The average molecular weight is 511 g/mol. The van der Waals surface area contributed by atoms with Gasteiger partial charge in [0.15, 0.2) is 0 Å². The van der Waals surface area contributed by atoms with Crippen LogP contribution in [-0.2, 0) is 27.7 Å². The van der Waals surface area contributed by atoms with Gasteiger partial charge in [0.1, 0.15) is 0 Å². The number of carboxylic acid groups (broad SMARTS) is 1. The fourth-order valence-corrected chi connectivity index (χ4v) is 5.93. The van der Waals surface area contributed by atoms with Crippen molar-refractivity contribution in [2.24, 2.45) is 0 Å². The number of benzene rings is 2. The predicted octanol–water partition coefficient (Wildman–Crippen LogP) is 5.12. The van der Waals surface area contributed by atoms with Crippen LogP contribution in [0.25, 0.3) is 0 Å². The largest absolute Gasteiger partial charge is 0.478 e. The fourth-order valence-electron chi connectivity index (χ4n) is 4.57. The Labute approximate surface area is 210 Å². The van der Waals surface area contributed by atoms with Crippen LogP contribution < -0.4 is 4.72 Å². The Morgan fingerprint density at radius 3 is 2.60 bits per heavy atom. The summed E-state index contributed by atoms with van der Waals surface area (Å²) in [4.78, 5) is 15.2. The van der Waals surface area contributed by atoms with E-state index < -0.39 is 16.0 Å². The Hall–Kier alpha value is -3.00. The Bertz CT molecular complexity index is 1310. The molecule has 0 aliphatic heterocycles. The number of hydrogen-bond donors (Lipinski definition) is 2. The molecule has 4 rings (SSSR count). The molecule has 0 amide bonds. The van der Waals surface area contributed by atoms with Crippen LogP contribution >= 0.6 is 11.6 Å². The molecule has 1 heterocycles. The minimum Gasteiger partial charge on any atom is -0.478 e. The van der Waals surface area contributed by atoms with Gasteiger partial charge in [-0.05, 0) is 84.7 Å². The van der Waals surface area contributed by atoms with Gasteiger partial charge < -0.3 is 5.11 Å².